The average molecular weight is 548 g/mol. The lowest BCUT2D eigenvalue weighted by molar-refractivity contribution is -0.127. The lowest BCUT2D eigenvalue weighted by Crippen LogP contribution is -2.36. The van der Waals surface area contributed by atoms with Crippen LogP contribution < -0.4 is 15.0 Å². The Balaban J connectivity index is 1.20. The van der Waals surface area contributed by atoms with E-state index in [2.05, 4.69) is 10.2 Å². The quantitative estimate of drug-likeness (QED) is 0.401. The van der Waals surface area contributed by atoms with Crippen molar-refractivity contribution in [3.05, 3.63) is 94.6 Å². The predicted molar refractivity (Wildman–Crippen MR) is 148 cm³/mol. The Bertz CT molecular complexity index is 1390. The summed E-state index contributed by atoms with van der Waals surface area (Å²) in [7, 11) is 0. The van der Waals surface area contributed by atoms with Gasteiger partial charge in [0, 0.05) is 30.0 Å². The smallest absolute Gasteiger partial charge is 0.294 e. The molecule has 1 N–H and O–H groups in total. The SMILES string of the molecule is O=C(CN1C(=O)SC(=Cc2ccccc2OCc2ccc(F)cc2)C1=O)Nc1ccc(N2CCOCC2)cc1. The van der Waals surface area contributed by atoms with Gasteiger partial charge in [-0.05, 0) is 65.9 Å². The van der Waals surface area contributed by atoms with Crippen LogP contribution in [0.25, 0.3) is 6.08 Å². The molecule has 2 aliphatic heterocycles. The summed E-state index contributed by atoms with van der Waals surface area (Å²) in [6.07, 6.45) is 1.58. The van der Waals surface area contributed by atoms with Crippen LogP contribution in [0.1, 0.15) is 11.1 Å². The second-order valence-electron chi connectivity index (χ2n) is 8.92. The van der Waals surface area contributed by atoms with E-state index in [4.69, 9.17) is 9.47 Å². The van der Waals surface area contributed by atoms with Crippen LogP contribution in [0.3, 0.4) is 0 Å². The van der Waals surface area contributed by atoms with Crippen molar-refractivity contribution in [2.24, 2.45) is 0 Å². The number of nitrogens with one attached hydrogen (secondary N) is 1. The molecule has 3 aromatic carbocycles. The summed E-state index contributed by atoms with van der Waals surface area (Å²) in [6, 6.07) is 20.5. The van der Waals surface area contributed by atoms with Gasteiger partial charge in [-0.25, -0.2) is 4.39 Å². The maximum absolute atomic E-state index is 13.2. The summed E-state index contributed by atoms with van der Waals surface area (Å²) >= 11 is 0.773. The number of hydrogen-bond acceptors (Lipinski definition) is 7. The molecule has 2 aliphatic rings. The molecule has 0 aromatic heterocycles. The molecule has 39 heavy (non-hydrogen) atoms. The lowest BCUT2D eigenvalue weighted by Gasteiger charge is -2.28. The molecular formula is C29H26FN3O5S. The number of ether oxygens (including phenoxy) is 2. The van der Waals surface area contributed by atoms with Gasteiger partial charge in [-0.2, -0.15) is 0 Å². The monoisotopic (exact) mass is 547 g/mol. The molecule has 0 atom stereocenters. The Hall–Kier alpha value is -4.15. The van der Waals surface area contributed by atoms with Crippen molar-refractivity contribution in [3.63, 3.8) is 0 Å². The van der Waals surface area contributed by atoms with Gasteiger partial charge in [0.1, 0.15) is 24.7 Å². The van der Waals surface area contributed by atoms with Gasteiger partial charge in [-0.15, -0.1) is 0 Å². The molecule has 3 amide bonds. The molecule has 8 nitrogen and oxygen atoms in total. The number of anilines is 2. The van der Waals surface area contributed by atoms with E-state index in [0.717, 1.165) is 41.0 Å². The zero-order valence-corrected chi connectivity index (χ0v) is 21.8. The zero-order chi connectivity index (χ0) is 27.2. The van der Waals surface area contributed by atoms with Crippen LogP contribution in [-0.2, 0) is 20.9 Å². The van der Waals surface area contributed by atoms with Crippen molar-refractivity contribution in [1.82, 2.24) is 4.90 Å². The van der Waals surface area contributed by atoms with E-state index in [0.29, 0.717) is 30.2 Å². The average Bonchev–Trinajstić information content (AvgIpc) is 3.21. The highest BCUT2D eigenvalue weighted by Crippen LogP contribution is 2.34. The summed E-state index contributed by atoms with van der Waals surface area (Å²) in [4.78, 5) is 41.6. The summed E-state index contributed by atoms with van der Waals surface area (Å²) < 4.78 is 24.4. The molecule has 2 fully saturated rings. The fourth-order valence-electron chi connectivity index (χ4n) is 4.17. The molecule has 0 unspecified atom stereocenters. The number of benzene rings is 3. The fourth-order valence-corrected chi connectivity index (χ4v) is 5.00. The zero-order valence-electron chi connectivity index (χ0n) is 21.0. The summed E-state index contributed by atoms with van der Waals surface area (Å²) in [6.45, 7) is 2.79. The standard InChI is InChI=1S/C29H26FN3O5S/c30-22-7-5-20(6-8-22)19-38-25-4-2-1-3-21(25)17-26-28(35)33(29(36)39-26)18-27(34)31-23-9-11-24(12-10-23)32-13-15-37-16-14-32/h1-12,17H,13-16,18-19H2,(H,31,34). The Morgan fingerprint density at radius 2 is 1.72 bits per heavy atom. The first-order chi connectivity index (χ1) is 19.0. The molecule has 0 radical (unpaired) electrons. The van der Waals surface area contributed by atoms with E-state index in [-0.39, 0.29) is 17.3 Å². The van der Waals surface area contributed by atoms with Gasteiger partial charge in [-0.3, -0.25) is 19.3 Å². The van der Waals surface area contributed by atoms with Gasteiger partial charge in [0.15, 0.2) is 0 Å². The van der Waals surface area contributed by atoms with Gasteiger partial charge in [0.25, 0.3) is 11.1 Å². The first kappa shape index (κ1) is 26.5. The molecule has 10 heteroatoms. The van der Waals surface area contributed by atoms with Crippen LogP contribution in [0.2, 0.25) is 0 Å². The van der Waals surface area contributed by atoms with Gasteiger partial charge in [0.2, 0.25) is 5.91 Å². The highest BCUT2D eigenvalue weighted by Gasteiger charge is 2.36. The molecule has 0 saturated carbocycles. The second-order valence-corrected chi connectivity index (χ2v) is 9.91. The van der Waals surface area contributed by atoms with E-state index >= 15 is 0 Å². The first-order valence-corrected chi connectivity index (χ1v) is 13.2. The molecule has 0 spiro atoms. The molecule has 0 bridgehead atoms. The summed E-state index contributed by atoms with van der Waals surface area (Å²) in [5.41, 5.74) is 3.00. The van der Waals surface area contributed by atoms with Gasteiger partial charge in [0.05, 0.1) is 18.1 Å². The van der Waals surface area contributed by atoms with Crippen molar-refractivity contribution in [2.75, 3.05) is 43.1 Å². The third-order valence-electron chi connectivity index (χ3n) is 6.22. The number of thioether (sulfide) groups is 1. The van der Waals surface area contributed by atoms with E-state index in [9.17, 15) is 18.8 Å². The molecule has 5 rings (SSSR count). The van der Waals surface area contributed by atoms with Crippen molar-refractivity contribution < 1.29 is 28.2 Å². The van der Waals surface area contributed by atoms with Crippen LogP contribution in [0.5, 0.6) is 5.75 Å². The highest BCUT2D eigenvalue weighted by molar-refractivity contribution is 8.18. The Morgan fingerprint density at radius 3 is 2.46 bits per heavy atom. The third-order valence-corrected chi connectivity index (χ3v) is 7.12. The van der Waals surface area contributed by atoms with Crippen LogP contribution in [0, 0.1) is 5.82 Å². The highest BCUT2D eigenvalue weighted by atomic mass is 32.2. The number of para-hydroxylation sites is 1. The third kappa shape index (κ3) is 6.65. The van der Waals surface area contributed by atoms with Gasteiger partial charge < -0.3 is 19.7 Å². The number of nitrogens with zero attached hydrogens (tertiary/aromatic N) is 2. The van der Waals surface area contributed by atoms with Crippen LogP contribution in [-0.4, -0.2) is 54.8 Å². The molecule has 3 aromatic rings. The molecule has 0 aliphatic carbocycles. The molecule has 2 heterocycles. The maximum Gasteiger partial charge on any atom is 0.294 e. The summed E-state index contributed by atoms with van der Waals surface area (Å²) in [5, 5.41) is 2.23. The van der Waals surface area contributed by atoms with Gasteiger partial charge >= 0.3 is 0 Å². The second kappa shape index (κ2) is 12.1. The normalized spacial score (nSPS) is 16.6. The van der Waals surface area contributed by atoms with Crippen molar-refractivity contribution in [2.45, 2.75) is 6.61 Å². The Labute approximate surface area is 229 Å². The number of morpholine rings is 1. The van der Waals surface area contributed by atoms with E-state index in [1.165, 1.54) is 12.1 Å². The number of hydrogen-bond donors (Lipinski definition) is 1. The van der Waals surface area contributed by atoms with Crippen molar-refractivity contribution in [3.8, 4) is 5.75 Å². The number of imide groups is 1. The minimum absolute atomic E-state index is 0.195. The number of rotatable bonds is 8. The van der Waals surface area contributed by atoms with Gasteiger partial charge in [-0.1, -0.05) is 30.3 Å². The van der Waals surface area contributed by atoms with E-state index < -0.39 is 23.6 Å². The minimum atomic E-state index is -0.545. The number of carbonyl (C=O) groups is 3. The Kier molecular flexibility index (Phi) is 8.24. The summed E-state index contributed by atoms with van der Waals surface area (Å²) in [5.74, 6) is -0.839. The molecule has 2 saturated heterocycles. The van der Waals surface area contributed by atoms with Crippen molar-refractivity contribution in [1.29, 1.82) is 0 Å². The number of amides is 3. The largest absolute Gasteiger partial charge is 0.488 e. The van der Waals surface area contributed by atoms with Crippen molar-refractivity contribution >= 4 is 46.3 Å². The van der Waals surface area contributed by atoms with Crippen LogP contribution in [0.4, 0.5) is 20.6 Å². The first-order valence-electron chi connectivity index (χ1n) is 12.4. The molecule has 200 valence electrons. The predicted octanol–water partition coefficient (Wildman–Crippen LogP) is 4.92. The van der Waals surface area contributed by atoms with E-state index in [1.807, 2.05) is 12.1 Å². The van der Waals surface area contributed by atoms with E-state index in [1.54, 1.807) is 54.6 Å². The number of carbonyl (C=O) groups excluding carboxylic acids is 3. The van der Waals surface area contributed by atoms with Crippen LogP contribution in [0.15, 0.2) is 77.7 Å². The minimum Gasteiger partial charge on any atom is -0.488 e. The topological polar surface area (TPSA) is 88.2 Å². The fraction of sp³-hybridized carbons (Fsp3) is 0.207. The number of halogens is 1. The Morgan fingerprint density at radius 1 is 1.00 bits per heavy atom. The van der Waals surface area contributed by atoms with Crippen LogP contribution >= 0.6 is 11.8 Å². The lowest BCUT2D eigenvalue weighted by atomic mass is 10.1. The maximum atomic E-state index is 13.2. The molecular weight excluding hydrogens is 521 g/mol.